The van der Waals surface area contributed by atoms with E-state index in [4.69, 9.17) is 4.74 Å². The van der Waals surface area contributed by atoms with Crippen LogP contribution in [0.3, 0.4) is 0 Å². The number of ether oxygens (including phenoxy) is 1. The molecule has 0 heterocycles. The van der Waals surface area contributed by atoms with Gasteiger partial charge in [0, 0.05) is 11.1 Å². The van der Waals surface area contributed by atoms with Gasteiger partial charge < -0.3 is 14.9 Å². The monoisotopic (exact) mass is 520 g/mol. The third kappa shape index (κ3) is 4.81. The summed E-state index contributed by atoms with van der Waals surface area (Å²) in [6, 6.07) is 20.2. The molecule has 0 amide bonds. The molecule has 0 saturated heterocycles. The van der Waals surface area contributed by atoms with Crippen molar-refractivity contribution in [2.45, 2.75) is 57.8 Å². The molecule has 7 rings (SSSR count). The van der Waals surface area contributed by atoms with E-state index < -0.39 is 11.9 Å². The molecule has 2 N–H and O–H groups in total. The normalized spacial score (nSPS) is 28.4. The van der Waals surface area contributed by atoms with Crippen LogP contribution in [0.1, 0.15) is 89.8 Å². The molecule has 0 spiro atoms. The van der Waals surface area contributed by atoms with Gasteiger partial charge in [-0.05, 0) is 121 Å². The van der Waals surface area contributed by atoms with Crippen LogP contribution in [0.5, 0.6) is 11.5 Å². The summed E-state index contributed by atoms with van der Waals surface area (Å²) >= 11 is 0. The van der Waals surface area contributed by atoms with Crippen molar-refractivity contribution < 1.29 is 24.5 Å². The zero-order valence-corrected chi connectivity index (χ0v) is 22.3. The van der Waals surface area contributed by atoms with E-state index in [-0.39, 0.29) is 11.1 Å². The molecule has 3 aromatic rings. The fraction of sp³-hybridized carbons (Fsp3) is 0.353. The molecular weight excluding hydrogens is 488 g/mol. The summed E-state index contributed by atoms with van der Waals surface area (Å²) in [5, 5.41) is 18.5. The Bertz CT molecular complexity index is 1500. The highest BCUT2D eigenvalue weighted by Crippen LogP contribution is 2.69. The summed E-state index contributed by atoms with van der Waals surface area (Å²) in [6.45, 7) is 5.02. The maximum absolute atomic E-state index is 11.4. The van der Waals surface area contributed by atoms with Gasteiger partial charge in [-0.25, -0.2) is 9.59 Å². The van der Waals surface area contributed by atoms with Crippen molar-refractivity contribution in [2.24, 2.45) is 16.7 Å². The Kier molecular flexibility index (Phi) is 5.84. The van der Waals surface area contributed by atoms with E-state index in [0.29, 0.717) is 27.6 Å². The minimum Gasteiger partial charge on any atom is -0.478 e. The summed E-state index contributed by atoms with van der Waals surface area (Å²) in [7, 11) is 0. The van der Waals surface area contributed by atoms with Crippen molar-refractivity contribution in [3.05, 3.63) is 94.5 Å². The van der Waals surface area contributed by atoms with Gasteiger partial charge in [0.15, 0.2) is 0 Å². The largest absolute Gasteiger partial charge is 0.478 e. The van der Waals surface area contributed by atoms with Crippen LogP contribution in [0.2, 0.25) is 0 Å². The molecule has 4 saturated carbocycles. The number of carbonyl (C=O) groups is 2. The molecule has 5 nitrogen and oxygen atoms in total. The molecule has 5 heteroatoms. The van der Waals surface area contributed by atoms with E-state index in [0.717, 1.165) is 17.2 Å². The van der Waals surface area contributed by atoms with E-state index in [2.05, 4.69) is 50.0 Å². The summed E-state index contributed by atoms with van der Waals surface area (Å²) in [4.78, 5) is 22.6. The second-order valence-electron chi connectivity index (χ2n) is 12.7. The highest BCUT2D eigenvalue weighted by Gasteiger charge is 2.60. The molecule has 0 radical (unpaired) electrons. The van der Waals surface area contributed by atoms with Crippen LogP contribution in [0.15, 0.2) is 66.7 Å². The van der Waals surface area contributed by atoms with Gasteiger partial charge in [0.1, 0.15) is 11.5 Å². The maximum atomic E-state index is 11.4. The van der Waals surface area contributed by atoms with Crippen LogP contribution >= 0.6 is 0 Å². The molecule has 0 aliphatic heterocycles. The van der Waals surface area contributed by atoms with Gasteiger partial charge in [-0.1, -0.05) is 37.8 Å². The van der Waals surface area contributed by atoms with Crippen molar-refractivity contribution in [1.29, 1.82) is 0 Å². The van der Waals surface area contributed by atoms with Crippen molar-refractivity contribution in [3.8, 4) is 23.3 Å². The van der Waals surface area contributed by atoms with Crippen LogP contribution in [0.25, 0.3) is 0 Å². The molecule has 0 aromatic heterocycles. The number of carboxylic acids is 2. The van der Waals surface area contributed by atoms with Gasteiger partial charge in [-0.15, -0.1) is 0 Å². The number of hydrogen-bond donors (Lipinski definition) is 2. The molecule has 4 bridgehead atoms. The number of benzene rings is 3. The molecule has 2 atom stereocenters. The highest BCUT2D eigenvalue weighted by atomic mass is 16.5. The lowest BCUT2D eigenvalue weighted by Gasteiger charge is -2.65. The van der Waals surface area contributed by atoms with Crippen molar-refractivity contribution in [2.75, 3.05) is 0 Å². The molecule has 3 aromatic carbocycles. The topological polar surface area (TPSA) is 83.8 Å². The summed E-state index contributed by atoms with van der Waals surface area (Å²) in [5.41, 5.74) is 3.36. The first-order chi connectivity index (χ1) is 18.5. The molecule has 4 aliphatic carbocycles. The van der Waals surface area contributed by atoms with Crippen LogP contribution in [-0.4, -0.2) is 22.2 Å². The van der Waals surface area contributed by atoms with Gasteiger partial charge >= 0.3 is 11.9 Å². The average molecular weight is 521 g/mol. The smallest absolute Gasteiger partial charge is 0.336 e. The lowest BCUT2D eigenvalue weighted by molar-refractivity contribution is -0.110. The van der Waals surface area contributed by atoms with Gasteiger partial charge in [-0.3, -0.25) is 0 Å². The van der Waals surface area contributed by atoms with Crippen LogP contribution in [0.4, 0.5) is 0 Å². The predicted octanol–water partition coefficient (Wildman–Crippen LogP) is 7.52. The van der Waals surface area contributed by atoms with Crippen molar-refractivity contribution in [1.82, 2.24) is 0 Å². The fourth-order valence-corrected chi connectivity index (χ4v) is 8.52. The molecule has 4 fully saturated rings. The zero-order valence-electron chi connectivity index (χ0n) is 22.3. The van der Waals surface area contributed by atoms with Crippen molar-refractivity contribution >= 4 is 11.9 Å². The Morgan fingerprint density at radius 1 is 0.718 bits per heavy atom. The second kappa shape index (κ2) is 9.02. The Balaban J connectivity index is 1.14. The Labute approximate surface area is 228 Å². The minimum atomic E-state index is -1.30. The number of aromatic carboxylic acids is 2. The summed E-state index contributed by atoms with van der Waals surface area (Å²) in [6.07, 6.45) is 8.09. The van der Waals surface area contributed by atoms with E-state index in [1.807, 2.05) is 24.3 Å². The third-order valence-electron chi connectivity index (χ3n) is 9.01. The number of hydrogen-bond acceptors (Lipinski definition) is 3. The lowest BCUT2D eigenvalue weighted by atomic mass is 9.39. The quantitative estimate of drug-likeness (QED) is 0.340. The number of rotatable bonds is 5. The molecule has 39 heavy (non-hydrogen) atoms. The standard InChI is InChI=1S/C34H32O5/c1-32-16-24-17-33(2,19-32)21-34(18-24,20-32)25-8-12-27(13-9-25)39-26-10-5-22(6-11-26)3-4-23-7-14-28(30(35)36)29(15-23)31(37)38/h5-15,24H,16-21H2,1-2H3,(H,35,36)(H,37,38). The number of carboxylic acid groups (broad SMARTS) is 2. The fourth-order valence-electron chi connectivity index (χ4n) is 8.52. The van der Waals surface area contributed by atoms with Crippen molar-refractivity contribution in [3.63, 3.8) is 0 Å². The first-order valence-electron chi connectivity index (χ1n) is 13.6. The van der Waals surface area contributed by atoms with Crippen LogP contribution in [-0.2, 0) is 5.41 Å². The average Bonchev–Trinajstić information content (AvgIpc) is 2.86. The van der Waals surface area contributed by atoms with Gasteiger partial charge in [-0.2, -0.15) is 0 Å². The first-order valence-corrected chi connectivity index (χ1v) is 13.6. The van der Waals surface area contributed by atoms with Gasteiger partial charge in [0.05, 0.1) is 11.1 Å². The molecule has 4 aliphatic rings. The Morgan fingerprint density at radius 2 is 1.26 bits per heavy atom. The van der Waals surface area contributed by atoms with Crippen LogP contribution in [0, 0.1) is 28.6 Å². The molecule has 2 unspecified atom stereocenters. The molecule has 198 valence electrons. The van der Waals surface area contributed by atoms with E-state index >= 15 is 0 Å². The van der Waals surface area contributed by atoms with Crippen LogP contribution < -0.4 is 4.74 Å². The second-order valence-corrected chi connectivity index (χ2v) is 12.7. The maximum Gasteiger partial charge on any atom is 0.336 e. The SMILES string of the molecule is CC12CC3CC(C)(C1)CC(c1ccc(Oc4ccc(C#Cc5ccc(C(=O)O)c(C(=O)O)c5)cc4)cc1)(C3)C2. The summed E-state index contributed by atoms with van der Waals surface area (Å²) in [5.74, 6) is 5.70. The van der Waals surface area contributed by atoms with E-state index in [1.54, 1.807) is 0 Å². The van der Waals surface area contributed by atoms with Gasteiger partial charge in [0.25, 0.3) is 0 Å². The van der Waals surface area contributed by atoms with E-state index in [9.17, 15) is 19.8 Å². The van der Waals surface area contributed by atoms with E-state index in [1.165, 1.54) is 62.3 Å². The van der Waals surface area contributed by atoms with Gasteiger partial charge in [0.2, 0.25) is 0 Å². The highest BCUT2D eigenvalue weighted by molar-refractivity contribution is 6.01. The molecular formula is C34H32O5. The first kappa shape index (κ1) is 25.2. The minimum absolute atomic E-state index is 0.260. The lowest BCUT2D eigenvalue weighted by Crippen LogP contribution is -2.56. The zero-order chi connectivity index (χ0) is 27.4. The summed E-state index contributed by atoms with van der Waals surface area (Å²) < 4.78 is 6.12. The Morgan fingerprint density at radius 3 is 1.82 bits per heavy atom. The predicted molar refractivity (Wildman–Crippen MR) is 148 cm³/mol. The Hall–Kier alpha value is -4.04. The third-order valence-corrected chi connectivity index (χ3v) is 9.01.